The molecule has 2 aliphatic rings. The monoisotopic (exact) mass is 502 g/mol. The van der Waals surface area contributed by atoms with E-state index < -0.39 is 0 Å². The molecular formula is C24H24BrFN2O2S. The Morgan fingerprint density at radius 1 is 1.16 bits per heavy atom. The minimum Gasteiger partial charge on any atom is -0.488 e. The van der Waals surface area contributed by atoms with Gasteiger partial charge < -0.3 is 9.64 Å². The maximum absolute atomic E-state index is 13.3. The highest BCUT2D eigenvalue weighted by Crippen LogP contribution is 2.33. The van der Waals surface area contributed by atoms with Crippen LogP contribution in [-0.4, -0.2) is 33.9 Å². The molecule has 0 aromatic heterocycles. The Bertz CT molecular complexity index is 1020. The second kappa shape index (κ2) is 9.49. The van der Waals surface area contributed by atoms with Crippen molar-refractivity contribution in [3.05, 3.63) is 69.6 Å². The second-order valence-corrected chi connectivity index (χ2v) is 9.22. The molecule has 7 heteroatoms. The van der Waals surface area contributed by atoms with Gasteiger partial charge in [0, 0.05) is 23.1 Å². The summed E-state index contributed by atoms with van der Waals surface area (Å²) in [6, 6.07) is 12.1. The summed E-state index contributed by atoms with van der Waals surface area (Å²) in [5.41, 5.74) is 2.18. The van der Waals surface area contributed by atoms with E-state index in [-0.39, 0.29) is 17.8 Å². The molecular weight excluding hydrogens is 479 g/mol. The van der Waals surface area contributed by atoms with Crippen LogP contribution >= 0.6 is 28.1 Å². The Morgan fingerprint density at radius 2 is 1.87 bits per heavy atom. The summed E-state index contributed by atoms with van der Waals surface area (Å²) in [5, 5.41) is 0.562. The third-order valence-corrected chi connectivity index (χ3v) is 6.77. The van der Waals surface area contributed by atoms with Crippen LogP contribution in [-0.2, 0) is 11.4 Å². The lowest BCUT2D eigenvalue weighted by Crippen LogP contribution is -2.41. The van der Waals surface area contributed by atoms with Crippen LogP contribution in [0.15, 0.2) is 52.6 Å². The molecule has 4 rings (SSSR count). The van der Waals surface area contributed by atoms with Gasteiger partial charge in [-0.1, -0.05) is 47.3 Å². The van der Waals surface area contributed by atoms with Crippen LogP contribution in [0.2, 0.25) is 0 Å². The summed E-state index contributed by atoms with van der Waals surface area (Å²) in [6.07, 6.45) is 7.31. The highest BCUT2D eigenvalue weighted by molar-refractivity contribution is 9.10. The number of likely N-dealkylation sites (N-methyl/N-ethyl adjacent to an activating group) is 1. The molecule has 2 aromatic carbocycles. The van der Waals surface area contributed by atoms with E-state index >= 15 is 0 Å². The van der Waals surface area contributed by atoms with E-state index in [1.54, 1.807) is 21.9 Å². The van der Waals surface area contributed by atoms with Crippen LogP contribution in [0.3, 0.4) is 0 Å². The van der Waals surface area contributed by atoms with Gasteiger partial charge in [-0.15, -0.1) is 0 Å². The molecule has 1 aliphatic carbocycles. The Morgan fingerprint density at radius 3 is 2.58 bits per heavy atom. The molecule has 2 fully saturated rings. The number of carbonyl (C=O) groups excluding carboxylic acids is 1. The molecule has 1 saturated heterocycles. The van der Waals surface area contributed by atoms with Crippen LogP contribution in [0, 0.1) is 5.82 Å². The standard InChI is InChI=1S/C24H24BrFN2O2S/c1-27-21(23(29)28(24(27)31)20-5-3-2-4-6-20)14-17-13-18(25)9-12-22(17)30-15-16-7-10-19(26)11-8-16/h7-14,20H,2-6,15H2,1H3/b21-14-. The van der Waals surface area contributed by atoms with Gasteiger partial charge in [-0.3, -0.25) is 9.69 Å². The van der Waals surface area contributed by atoms with Gasteiger partial charge in [0.2, 0.25) is 0 Å². The van der Waals surface area contributed by atoms with E-state index in [0.29, 0.717) is 23.2 Å². The van der Waals surface area contributed by atoms with Crippen molar-refractivity contribution >= 4 is 45.2 Å². The molecule has 1 aliphatic heterocycles. The maximum atomic E-state index is 13.3. The molecule has 162 valence electrons. The fourth-order valence-electron chi connectivity index (χ4n) is 4.09. The predicted octanol–water partition coefficient (Wildman–Crippen LogP) is 5.90. The molecule has 1 amide bonds. The molecule has 4 nitrogen and oxygen atoms in total. The lowest BCUT2D eigenvalue weighted by Gasteiger charge is -2.30. The smallest absolute Gasteiger partial charge is 0.277 e. The zero-order chi connectivity index (χ0) is 22.0. The summed E-state index contributed by atoms with van der Waals surface area (Å²) < 4.78 is 20.0. The summed E-state index contributed by atoms with van der Waals surface area (Å²) in [6.45, 7) is 0.300. The number of carbonyl (C=O) groups is 1. The van der Waals surface area contributed by atoms with E-state index in [1.165, 1.54) is 18.6 Å². The highest BCUT2D eigenvalue weighted by Gasteiger charge is 2.40. The fraction of sp³-hybridized carbons (Fsp3) is 0.333. The van der Waals surface area contributed by atoms with E-state index in [2.05, 4.69) is 15.9 Å². The van der Waals surface area contributed by atoms with Gasteiger partial charge in [-0.05, 0) is 67.0 Å². The number of halogens is 2. The van der Waals surface area contributed by atoms with Crippen molar-refractivity contribution in [3.8, 4) is 5.75 Å². The van der Waals surface area contributed by atoms with Gasteiger partial charge >= 0.3 is 0 Å². The van der Waals surface area contributed by atoms with Gasteiger partial charge in [-0.25, -0.2) is 4.39 Å². The highest BCUT2D eigenvalue weighted by atomic mass is 79.9. The molecule has 0 atom stereocenters. The van der Waals surface area contributed by atoms with Gasteiger partial charge in [0.15, 0.2) is 5.11 Å². The van der Waals surface area contributed by atoms with Gasteiger partial charge in [-0.2, -0.15) is 0 Å². The molecule has 31 heavy (non-hydrogen) atoms. The molecule has 1 saturated carbocycles. The van der Waals surface area contributed by atoms with Crippen LogP contribution in [0.1, 0.15) is 43.2 Å². The molecule has 0 bridgehead atoms. The summed E-state index contributed by atoms with van der Waals surface area (Å²) >= 11 is 9.12. The molecule has 0 unspecified atom stereocenters. The minimum atomic E-state index is -0.279. The first-order chi connectivity index (χ1) is 14.9. The first-order valence-electron chi connectivity index (χ1n) is 10.4. The van der Waals surface area contributed by atoms with E-state index in [0.717, 1.165) is 41.3 Å². The molecule has 1 heterocycles. The molecule has 2 aromatic rings. The Kier molecular flexibility index (Phi) is 6.72. The largest absolute Gasteiger partial charge is 0.488 e. The van der Waals surface area contributed by atoms with Crippen LogP contribution in [0.5, 0.6) is 5.75 Å². The number of hydrogen-bond acceptors (Lipinski definition) is 3. The van der Waals surface area contributed by atoms with Gasteiger partial charge in [0.05, 0.1) is 0 Å². The van der Waals surface area contributed by atoms with Crippen molar-refractivity contribution in [2.75, 3.05) is 7.05 Å². The van der Waals surface area contributed by atoms with E-state index in [4.69, 9.17) is 17.0 Å². The normalized spacial score (nSPS) is 18.9. The minimum absolute atomic E-state index is 0.0520. The fourth-order valence-corrected chi connectivity index (χ4v) is 4.80. The van der Waals surface area contributed by atoms with Crippen molar-refractivity contribution in [3.63, 3.8) is 0 Å². The van der Waals surface area contributed by atoms with Crippen LogP contribution in [0.25, 0.3) is 6.08 Å². The third kappa shape index (κ3) is 4.83. The second-order valence-electron chi connectivity index (χ2n) is 7.94. The first-order valence-corrected chi connectivity index (χ1v) is 11.6. The Balaban J connectivity index is 1.59. The quantitative estimate of drug-likeness (QED) is 0.376. The van der Waals surface area contributed by atoms with Crippen molar-refractivity contribution < 1.29 is 13.9 Å². The number of rotatable bonds is 5. The molecule has 0 N–H and O–H groups in total. The van der Waals surface area contributed by atoms with Crippen molar-refractivity contribution in [1.82, 2.24) is 9.80 Å². The molecule has 0 spiro atoms. The van der Waals surface area contributed by atoms with Gasteiger partial charge in [0.1, 0.15) is 23.9 Å². The number of nitrogens with zero attached hydrogens (tertiary/aromatic N) is 2. The predicted molar refractivity (Wildman–Crippen MR) is 127 cm³/mol. The topological polar surface area (TPSA) is 32.8 Å². The average Bonchev–Trinajstić information content (AvgIpc) is 2.98. The first kappa shape index (κ1) is 22.0. The number of benzene rings is 2. The van der Waals surface area contributed by atoms with Crippen LogP contribution < -0.4 is 4.74 Å². The number of hydrogen-bond donors (Lipinski definition) is 0. The molecule has 0 radical (unpaired) electrons. The van der Waals surface area contributed by atoms with Crippen molar-refractivity contribution in [2.45, 2.75) is 44.8 Å². The van der Waals surface area contributed by atoms with E-state index in [9.17, 15) is 9.18 Å². The van der Waals surface area contributed by atoms with Crippen molar-refractivity contribution in [2.24, 2.45) is 0 Å². The summed E-state index contributed by atoms with van der Waals surface area (Å²) in [7, 11) is 1.84. The lowest BCUT2D eigenvalue weighted by molar-refractivity contribution is -0.124. The zero-order valence-electron chi connectivity index (χ0n) is 17.3. The number of thiocarbonyl (C=S) groups is 1. The number of amides is 1. The SMILES string of the molecule is CN1C(=S)N(C2CCCCC2)C(=O)/C1=C/c1cc(Br)ccc1OCc1ccc(F)cc1. The third-order valence-electron chi connectivity index (χ3n) is 5.80. The average molecular weight is 503 g/mol. The maximum Gasteiger partial charge on any atom is 0.277 e. The zero-order valence-corrected chi connectivity index (χ0v) is 19.7. The summed E-state index contributed by atoms with van der Waals surface area (Å²) in [5.74, 6) is 0.311. The Labute approximate surface area is 195 Å². The van der Waals surface area contributed by atoms with Crippen LogP contribution in [0.4, 0.5) is 4.39 Å². The van der Waals surface area contributed by atoms with Crippen molar-refractivity contribution in [1.29, 1.82) is 0 Å². The van der Waals surface area contributed by atoms with E-state index in [1.807, 2.05) is 31.3 Å². The number of ether oxygens (including phenoxy) is 1. The summed E-state index contributed by atoms with van der Waals surface area (Å²) in [4.78, 5) is 16.9. The Hall–Kier alpha value is -2.25. The van der Waals surface area contributed by atoms with Gasteiger partial charge in [0.25, 0.3) is 5.91 Å². The lowest BCUT2D eigenvalue weighted by atomic mass is 9.94.